The van der Waals surface area contributed by atoms with E-state index in [-0.39, 0.29) is 30.2 Å². The number of carbonyl (C=O) groups excluding carboxylic acids is 2. The topological polar surface area (TPSA) is 93.1 Å². The van der Waals surface area contributed by atoms with Crippen molar-refractivity contribution in [1.82, 2.24) is 19.8 Å². The number of carbonyl (C=O) groups is 2. The summed E-state index contributed by atoms with van der Waals surface area (Å²) in [5.74, 6) is -1.28. The fourth-order valence-corrected chi connectivity index (χ4v) is 3.79. The number of likely N-dealkylation sites (tertiary alicyclic amines) is 1. The molecule has 2 aliphatic heterocycles. The van der Waals surface area contributed by atoms with E-state index in [4.69, 9.17) is 5.26 Å². The molecule has 0 bridgehead atoms. The van der Waals surface area contributed by atoms with E-state index in [9.17, 15) is 14.0 Å². The van der Waals surface area contributed by atoms with E-state index in [1.165, 1.54) is 11.1 Å². The first kappa shape index (κ1) is 16.5. The normalized spacial score (nSPS) is 18.2. The van der Waals surface area contributed by atoms with Crippen LogP contribution in [0.5, 0.6) is 0 Å². The van der Waals surface area contributed by atoms with Crippen molar-refractivity contribution in [2.45, 2.75) is 26.4 Å². The molecule has 4 rings (SSSR count). The molecule has 0 spiro atoms. The van der Waals surface area contributed by atoms with E-state index in [0.717, 1.165) is 6.20 Å². The number of aromatic amines is 1. The molecule has 2 amide bonds. The van der Waals surface area contributed by atoms with Gasteiger partial charge in [0.15, 0.2) is 0 Å². The van der Waals surface area contributed by atoms with Gasteiger partial charge >= 0.3 is 0 Å². The third-order valence-corrected chi connectivity index (χ3v) is 5.17. The Hall–Kier alpha value is -2.95. The SMILES string of the molecule is CC(C)C(C(=O)N1CC(C#N)C1)N1Cc2c(F)cnc3[nH]cc(c23)C1=O. The van der Waals surface area contributed by atoms with Gasteiger partial charge in [0.2, 0.25) is 5.91 Å². The molecule has 134 valence electrons. The summed E-state index contributed by atoms with van der Waals surface area (Å²) >= 11 is 0. The van der Waals surface area contributed by atoms with Gasteiger partial charge in [-0.2, -0.15) is 5.26 Å². The second kappa shape index (κ2) is 5.80. The molecule has 8 heteroatoms. The third kappa shape index (κ3) is 2.27. The van der Waals surface area contributed by atoms with E-state index in [1.54, 1.807) is 4.90 Å². The average Bonchev–Trinajstić information content (AvgIpc) is 2.98. The fraction of sp³-hybridized carbons (Fsp3) is 0.444. The highest BCUT2D eigenvalue weighted by Gasteiger charge is 2.42. The van der Waals surface area contributed by atoms with Crippen LogP contribution in [0.3, 0.4) is 0 Å². The van der Waals surface area contributed by atoms with Crippen molar-refractivity contribution in [3.05, 3.63) is 29.3 Å². The predicted molar refractivity (Wildman–Crippen MR) is 90.2 cm³/mol. The summed E-state index contributed by atoms with van der Waals surface area (Å²) in [7, 11) is 0. The first-order valence-corrected chi connectivity index (χ1v) is 8.56. The van der Waals surface area contributed by atoms with Gasteiger partial charge in [-0.05, 0) is 5.92 Å². The Bertz CT molecular complexity index is 954. The number of aromatic nitrogens is 2. The summed E-state index contributed by atoms with van der Waals surface area (Å²) in [6.07, 6.45) is 2.65. The maximum absolute atomic E-state index is 14.4. The lowest BCUT2D eigenvalue weighted by Gasteiger charge is -2.42. The predicted octanol–water partition coefficient (Wildman–Crippen LogP) is 1.66. The average molecular weight is 355 g/mol. The van der Waals surface area contributed by atoms with Crippen molar-refractivity contribution in [3.8, 4) is 6.07 Å². The number of amides is 2. The molecule has 1 saturated heterocycles. The van der Waals surface area contributed by atoms with Gasteiger partial charge in [-0.3, -0.25) is 9.59 Å². The highest BCUT2D eigenvalue weighted by atomic mass is 19.1. The van der Waals surface area contributed by atoms with Gasteiger partial charge in [-0.1, -0.05) is 13.8 Å². The van der Waals surface area contributed by atoms with Crippen molar-refractivity contribution in [2.24, 2.45) is 11.8 Å². The van der Waals surface area contributed by atoms with Crippen LogP contribution in [0.15, 0.2) is 12.4 Å². The molecular weight excluding hydrogens is 337 g/mol. The molecule has 26 heavy (non-hydrogen) atoms. The minimum Gasteiger partial charge on any atom is -0.345 e. The zero-order valence-electron chi connectivity index (χ0n) is 14.5. The van der Waals surface area contributed by atoms with Gasteiger partial charge in [0, 0.05) is 30.2 Å². The van der Waals surface area contributed by atoms with Crippen molar-refractivity contribution in [2.75, 3.05) is 13.1 Å². The molecule has 1 unspecified atom stereocenters. The summed E-state index contributed by atoms with van der Waals surface area (Å²) in [5, 5.41) is 9.42. The molecule has 0 aromatic carbocycles. The minimum absolute atomic E-state index is 0.0264. The number of hydrogen-bond acceptors (Lipinski definition) is 4. The monoisotopic (exact) mass is 355 g/mol. The van der Waals surface area contributed by atoms with E-state index in [0.29, 0.717) is 35.2 Å². The van der Waals surface area contributed by atoms with Gasteiger partial charge in [0.05, 0.1) is 30.3 Å². The van der Waals surface area contributed by atoms with Crippen LogP contribution >= 0.6 is 0 Å². The number of halogens is 1. The lowest BCUT2D eigenvalue weighted by Crippen LogP contribution is -2.59. The zero-order valence-corrected chi connectivity index (χ0v) is 14.5. The number of rotatable bonds is 3. The Balaban J connectivity index is 1.70. The summed E-state index contributed by atoms with van der Waals surface area (Å²) in [6, 6.07) is 1.44. The summed E-state index contributed by atoms with van der Waals surface area (Å²) in [4.78, 5) is 35.9. The van der Waals surface area contributed by atoms with E-state index >= 15 is 0 Å². The number of hydrogen-bond donors (Lipinski definition) is 1. The largest absolute Gasteiger partial charge is 0.345 e. The smallest absolute Gasteiger partial charge is 0.257 e. The van der Waals surface area contributed by atoms with Gasteiger partial charge < -0.3 is 14.8 Å². The van der Waals surface area contributed by atoms with Crippen LogP contribution in [-0.4, -0.2) is 50.7 Å². The number of pyridine rings is 1. The first-order valence-electron chi connectivity index (χ1n) is 8.56. The lowest BCUT2D eigenvalue weighted by atomic mass is 9.93. The Kier molecular flexibility index (Phi) is 3.68. The van der Waals surface area contributed by atoms with E-state index in [2.05, 4.69) is 16.0 Å². The highest BCUT2D eigenvalue weighted by Crippen LogP contribution is 2.33. The second-order valence-corrected chi connectivity index (χ2v) is 7.20. The second-order valence-electron chi connectivity index (χ2n) is 7.20. The Morgan fingerprint density at radius 3 is 2.85 bits per heavy atom. The lowest BCUT2D eigenvalue weighted by molar-refractivity contribution is -0.143. The summed E-state index contributed by atoms with van der Waals surface area (Å²) < 4.78 is 14.4. The van der Waals surface area contributed by atoms with Crippen LogP contribution in [0.4, 0.5) is 4.39 Å². The molecule has 1 fully saturated rings. The fourth-order valence-electron chi connectivity index (χ4n) is 3.79. The summed E-state index contributed by atoms with van der Waals surface area (Å²) in [6.45, 7) is 4.51. The maximum Gasteiger partial charge on any atom is 0.257 e. The van der Waals surface area contributed by atoms with E-state index in [1.807, 2.05) is 13.8 Å². The Morgan fingerprint density at radius 1 is 1.46 bits per heavy atom. The van der Waals surface area contributed by atoms with Crippen LogP contribution in [-0.2, 0) is 11.3 Å². The number of nitrogens with zero attached hydrogens (tertiary/aromatic N) is 4. The number of nitriles is 1. The first-order chi connectivity index (χ1) is 12.4. The maximum atomic E-state index is 14.4. The van der Waals surface area contributed by atoms with Crippen molar-refractivity contribution in [3.63, 3.8) is 0 Å². The van der Waals surface area contributed by atoms with Crippen LogP contribution in [0.2, 0.25) is 0 Å². The van der Waals surface area contributed by atoms with Gasteiger partial charge in [0.1, 0.15) is 17.5 Å². The molecule has 4 heterocycles. The molecule has 7 nitrogen and oxygen atoms in total. The number of H-pyrrole nitrogens is 1. The molecule has 1 N–H and O–H groups in total. The zero-order chi connectivity index (χ0) is 18.6. The summed E-state index contributed by atoms with van der Waals surface area (Å²) in [5.41, 5.74) is 1.18. The molecule has 2 aromatic heterocycles. The van der Waals surface area contributed by atoms with Gasteiger partial charge in [0.25, 0.3) is 5.91 Å². The molecule has 0 radical (unpaired) electrons. The van der Waals surface area contributed by atoms with Gasteiger partial charge in [-0.15, -0.1) is 0 Å². The third-order valence-electron chi connectivity index (χ3n) is 5.17. The van der Waals surface area contributed by atoms with E-state index < -0.39 is 11.9 Å². The standard InChI is InChI=1S/C18H18FN5O2/c1-9(2)15(18(26)23-6-10(3-20)7-23)24-8-12-13(19)5-22-16-14(12)11(4-21-16)17(24)25/h4-5,9-10,15H,6-8H2,1-2H3,(H,21,22). The Morgan fingerprint density at radius 2 is 2.19 bits per heavy atom. The molecule has 1 atom stereocenters. The van der Waals surface area contributed by atoms with Crippen molar-refractivity contribution >= 4 is 22.8 Å². The molecule has 2 aliphatic rings. The van der Waals surface area contributed by atoms with Gasteiger partial charge in [-0.25, -0.2) is 9.37 Å². The molecule has 2 aromatic rings. The Labute approximate surface area is 149 Å². The quantitative estimate of drug-likeness (QED) is 0.906. The van der Waals surface area contributed by atoms with Crippen molar-refractivity contribution in [1.29, 1.82) is 5.26 Å². The highest BCUT2D eigenvalue weighted by molar-refractivity contribution is 6.10. The van der Waals surface area contributed by atoms with Crippen LogP contribution in [0, 0.1) is 29.0 Å². The minimum atomic E-state index is -0.701. The molecule has 0 aliphatic carbocycles. The van der Waals surface area contributed by atoms with Crippen LogP contribution < -0.4 is 0 Å². The number of nitrogens with one attached hydrogen (secondary N) is 1. The van der Waals surface area contributed by atoms with Crippen LogP contribution in [0.25, 0.3) is 11.0 Å². The molecule has 0 saturated carbocycles. The molecular formula is C18H18FN5O2. The van der Waals surface area contributed by atoms with Crippen molar-refractivity contribution < 1.29 is 14.0 Å². The van der Waals surface area contributed by atoms with Crippen LogP contribution in [0.1, 0.15) is 29.8 Å².